The summed E-state index contributed by atoms with van der Waals surface area (Å²) in [5, 5.41) is 0. The van der Waals surface area contributed by atoms with Crippen LogP contribution in [0.2, 0.25) is 0 Å². The molecule has 3 rings (SSSR count). The highest BCUT2D eigenvalue weighted by Crippen LogP contribution is 2.40. The molecular weight excluding hydrogens is 294 g/mol. The second-order valence-corrected chi connectivity index (χ2v) is 8.67. The summed E-state index contributed by atoms with van der Waals surface area (Å²) in [5.74, 6) is 0. The number of rotatable bonds is 3. The molecule has 22 heavy (non-hydrogen) atoms. The Morgan fingerprint density at radius 3 is 2.09 bits per heavy atom. The third-order valence-electron chi connectivity index (χ3n) is 4.08. The molecule has 4 heteroatoms. The van der Waals surface area contributed by atoms with E-state index in [4.69, 9.17) is 0 Å². The van der Waals surface area contributed by atoms with Gasteiger partial charge in [0.2, 0.25) is 10.0 Å². The molecule has 0 bridgehead atoms. The maximum Gasteiger partial charge on any atom is 0.243 e. The van der Waals surface area contributed by atoms with Crippen molar-refractivity contribution in [1.29, 1.82) is 0 Å². The minimum atomic E-state index is -3.39. The van der Waals surface area contributed by atoms with E-state index >= 15 is 0 Å². The number of nitrogens with zero attached hydrogens (tertiary/aromatic N) is 1. The molecule has 1 heterocycles. The molecule has 0 N–H and O–H groups in total. The zero-order valence-electron chi connectivity index (χ0n) is 13.2. The predicted molar refractivity (Wildman–Crippen MR) is 88.2 cm³/mol. The van der Waals surface area contributed by atoms with E-state index < -0.39 is 10.0 Å². The maximum atomic E-state index is 12.7. The van der Waals surface area contributed by atoms with Crippen molar-refractivity contribution in [2.45, 2.75) is 37.1 Å². The Kier molecular flexibility index (Phi) is 3.62. The Bertz CT molecular complexity index is 759. The van der Waals surface area contributed by atoms with Gasteiger partial charge in [0.1, 0.15) is 0 Å². The van der Waals surface area contributed by atoms with Gasteiger partial charge < -0.3 is 0 Å². The van der Waals surface area contributed by atoms with Crippen LogP contribution >= 0.6 is 0 Å². The summed E-state index contributed by atoms with van der Waals surface area (Å²) in [7, 11) is -3.39. The highest BCUT2D eigenvalue weighted by atomic mass is 32.2. The van der Waals surface area contributed by atoms with Crippen LogP contribution in [0.25, 0.3) is 0 Å². The fraction of sp³-hybridized carbons (Fsp3) is 0.333. The lowest BCUT2D eigenvalue weighted by Crippen LogP contribution is -2.14. The Morgan fingerprint density at radius 2 is 1.55 bits per heavy atom. The van der Waals surface area contributed by atoms with E-state index in [-0.39, 0.29) is 11.5 Å². The number of hydrogen-bond donors (Lipinski definition) is 0. The van der Waals surface area contributed by atoms with Gasteiger partial charge >= 0.3 is 0 Å². The van der Waals surface area contributed by atoms with Crippen molar-refractivity contribution < 1.29 is 8.42 Å². The van der Waals surface area contributed by atoms with Gasteiger partial charge in [-0.2, -0.15) is 4.31 Å². The SMILES string of the molecule is CC(C)(C)c1ccc(S(=O)(=O)N2CC2c2ccccc2)cc1. The topological polar surface area (TPSA) is 37.1 Å². The fourth-order valence-corrected chi connectivity index (χ4v) is 4.14. The normalized spacial score (nSPS) is 21.6. The van der Waals surface area contributed by atoms with E-state index in [9.17, 15) is 8.42 Å². The summed E-state index contributed by atoms with van der Waals surface area (Å²) < 4.78 is 26.9. The standard InChI is InChI=1S/C18H21NO2S/c1-18(2,3)15-9-11-16(12-10-15)22(20,21)19-13-17(19)14-7-5-4-6-8-14/h4-12,17H,13H2,1-3H3. The van der Waals surface area contributed by atoms with Gasteiger partial charge in [-0.15, -0.1) is 0 Å². The molecule has 0 amide bonds. The lowest BCUT2D eigenvalue weighted by atomic mass is 9.87. The van der Waals surface area contributed by atoms with Crippen LogP contribution in [-0.4, -0.2) is 19.3 Å². The van der Waals surface area contributed by atoms with Crippen molar-refractivity contribution in [3.05, 3.63) is 65.7 Å². The van der Waals surface area contributed by atoms with Crippen LogP contribution in [0.1, 0.15) is 37.9 Å². The van der Waals surface area contributed by atoms with Crippen LogP contribution in [0.5, 0.6) is 0 Å². The van der Waals surface area contributed by atoms with E-state index in [1.165, 1.54) is 0 Å². The summed E-state index contributed by atoms with van der Waals surface area (Å²) in [6.07, 6.45) is 0. The first-order valence-corrected chi connectivity index (χ1v) is 8.91. The maximum absolute atomic E-state index is 12.7. The first-order chi connectivity index (χ1) is 10.3. The zero-order valence-corrected chi connectivity index (χ0v) is 14.0. The van der Waals surface area contributed by atoms with Gasteiger partial charge in [-0.1, -0.05) is 63.2 Å². The smallest absolute Gasteiger partial charge is 0.207 e. The van der Waals surface area contributed by atoms with Crippen LogP contribution in [0.3, 0.4) is 0 Å². The molecular formula is C18H21NO2S. The fourth-order valence-electron chi connectivity index (χ4n) is 2.60. The molecule has 1 saturated heterocycles. The quantitative estimate of drug-likeness (QED) is 0.809. The van der Waals surface area contributed by atoms with Gasteiger partial charge in [-0.25, -0.2) is 8.42 Å². The van der Waals surface area contributed by atoms with Crippen molar-refractivity contribution >= 4 is 10.0 Å². The molecule has 3 nitrogen and oxygen atoms in total. The van der Waals surface area contributed by atoms with Crippen LogP contribution in [0, 0.1) is 0 Å². The number of sulfonamides is 1. The van der Waals surface area contributed by atoms with Gasteiger partial charge in [-0.3, -0.25) is 0 Å². The van der Waals surface area contributed by atoms with E-state index in [0.29, 0.717) is 11.4 Å². The van der Waals surface area contributed by atoms with Crippen LogP contribution in [0.4, 0.5) is 0 Å². The first kappa shape index (κ1) is 15.3. The van der Waals surface area contributed by atoms with Gasteiger partial charge in [0.15, 0.2) is 0 Å². The van der Waals surface area contributed by atoms with Gasteiger partial charge in [-0.05, 0) is 28.7 Å². The molecule has 0 aromatic heterocycles. The van der Waals surface area contributed by atoms with Crippen molar-refractivity contribution in [3.63, 3.8) is 0 Å². The lowest BCUT2D eigenvalue weighted by molar-refractivity contribution is 0.553. The molecule has 0 aliphatic carbocycles. The molecule has 1 aliphatic heterocycles. The van der Waals surface area contributed by atoms with Crippen molar-refractivity contribution in [3.8, 4) is 0 Å². The summed E-state index contributed by atoms with van der Waals surface area (Å²) in [6.45, 7) is 6.92. The van der Waals surface area contributed by atoms with Crippen LogP contribution in [0.15, 0.2) is 59.5 Å². The molecule has 1 fully saturated rings. The van der Waals surface area contributed by atoms with Crippen LogP contribution < -0.4 is 0 Å². The molecule has 2 aromatic carbocycles. The highest BCUT2D eigenvalue weighted by molar-refractivity contribution is 7.89. The Hall–Kier alpha value is -1.65. The number of benzene rings is 2. The van der Waals surface area contributed by atoms with E-state index in [0.717, 1.165) is 11.1 Å². The van der Waals surface area contributed by atoms with Gasteiger partial charge in [0.05, 0.1) is 10.9 Å². The van der Waals surface area contributed by atoms with Gasteiger partial charge in [0.25, 0.3) is 0 Å². The molecule has 2 unspecified atom stereocenters. The third kappa shape index (κ3) is 2.81. The largest absolute Gasteiger partial charge is 0.243 e. The van der Waals surface area contributed by atoms with Crippen molar-refractivity contribution in [2.75, 3.05) is 6.54 Å². The molecule has 2 atom stereocenters. The minimum Gasteiger partial charge on any atom is -0.207 e. The molecule has 2 aromatic rings. The predicted octanol–water partition coefficient (Wildman–Crippen LogP) is 3.73. The van der Waals surface area contributed by atoms with Crippen LogP contribution in [-0.2, 0) is 15.4 Å². The molecule has 0 saturated carbocycles. The minimum absolute atomic E-state index is 0.0199. The molecule has 116 valence electrons. The summed E-state index contributed by atoms with van der Waals surface area (Å²) >= 11 is 0. The lowest BCUT2D eigenvalue weighted by Gasteiger charge is -2.19. The average Bonchev–Trinajstić information content (AvgIpc) is 3.29. The zero-order chi connectivity index (χ0) is 16.0. The summed E-state index contributed by atoms with van der Waals surface area (Å²) in [5.41, 5.74) is 2.21. The second kappa shape index (κ2) is 5.21. The van der Waals surface area contributed by atoms with Gasteiger partial charge in [0, 0.05) is 6.54 Å². The second-order valence-electron chi connectivity index (χ2n) is 6.78. The molecule has 1 aliphatic rings. The monoisotopic (exact) mass is 315 g/mol. The van der Waals surface area contributed by atoms with E-state index in [2.05, 4.69) is 20.8 Å². The summed E-state index contributed by atoms with van der Waals surface area (Å²) in [6, 6.07) is 17.0. The number of hydrogen-bond acceptors (Lipinski definition) is 2. The highest BCUT2D eigenvalue weighted by Gasteiger charge is 2.45. The first-order valence-electron chi connectivity index (χ1n) is 7.47. The van der Waals surface area contributed by atoms with Crippen molar-refractivity contribution in [1.82, 2.24) is 4.31 Å². The Balaban J connectivity index is 1.83. The average molecular weight is 315 g/mol. The third-order valence-corrected chi connectivity index (χ3v) is 5.97. The Labute approximate surface area is 132 Å². The van der Waals surface area contributed by atoms with Crippen molar-refractivity contribution in [2.24, 2.45) is 0 Å². The molecule has 0 radical (unpaired) electrons. The summed E-state index contributed by atoms with van der Waals surface area (Å²) in [4.78, 5) is 0.374. The molecule has 0 spiro atoms. The van der Waals surface area contributed by atoms with E-state index in [1.54, 1.807) is 16.4 Å². The van der Waals surface area contributed by atoms with E-state index in [1.807, 2.05) is 42.5 Å². The Morgan fingerprint density at radius 1 is 0.955 bits per heavy atom.